The Labute approximate surface area is 146 Å². The summed E-state index contributed by atoms with van der Waals surface area (Å²) in [6, 6.07) is 9.97. The van der Waals surface area contributed by atoms with E-state index in [1.165, 1.54) is 13.0 Å². The van der Waals surface area contributed by atoms with E-state index in [2.05, 4.69) is 5.32 Å². The average Bonchev–Trinajstić information content (AvgIpc) is 2.58. The highest BCUT2D eigenvalue weighted by atomic mass is 19.1. The van der Waals surface area contributed by atoms with Crippen LogP contribution in [-0.4, -0.2) is 31.2 Å². The Hall–Kier alpha value is -2.47. The molecule has 0 fully saturated rings. The Kier molecular flexibility index (Phi) is 5.74. The number of rotatable bonds is 6. The SMILES string of the molecule is CCN(C)c1ccc(C(=O)NCC(C)(O)c2ccc(F)cc2F)cc1. The summed E-state index contributed by atoms with van der Waals surface area (Å²) in [6.45, 7) is 4.03. The van der Waals surface area contributed by atoms with Gasteiger partial charge in [-0.15, -0.1) is 0 Å². The standard InChI is InChI=1S/C19H22F2N2O2/c1-4-23(3)15-8-5-13(6-9-15)18(24)22-12-19(2,25)16-10-7-14(20)11-17(16)21/h5-11,25H,4,12H2,1-3H3,(H,22,24). The molecule has 0 bridgehead atoms. The predicted octanol–water partition coefficient (Wildman–Crippen LogP) is 3.06. The Morgan fingerprint density at radius 1 is 1.20 bits per heavy atom. The zero-order valence-corrected chi connectivity index (χ0v) is 14.5. The van der Waals surface area contributed by atoms with Gasteiger partial charge in [0.05, 0.1) is 6.54 Å². The third-order valence-corrected chi connectivity index (χ3v) is 4.15. The molecule has 6 heteroatoms. The van der Waals surface area contributed by atoms with E-state index >= 15 is 0 Å². The van der Waals surface area contributed by atoms with Crippen molar-refractivity contribution in [2.45, 2.75) is 19.4 Å². The molecule has 2 N–H and O–H groups in total. The van der Waals surface area contributed by atoms with E-state index < -0.39 is 17.2 Å². The lowest BCUT2D eigenvalue weighted by Crippen LogP contribution is -2.39. The van der Waals surface area contributed by atoms with Crippen molar-refractivity contribution >= 4 is 11.6 Å². The number of nitrogens with zero attached hydrogens (tertiary/aromatic N) is 1. The molecule has 0 aromatic heterocycles. The summed E-state index contributed by atoms with van der Waals surface area (Å²) >= 11 is 0. The van der Waals surface area contributed by atoms with Crippen LogP contribution in [0.25, 0.3) is 0 Å². The van der Waals surface area contributed by atoms with Gasteiger partial charge in [-0.2, -0.15) is 0 Å². The molecule has 4 nitrogen and oxygen atoms in total. The Bertz CT molecular complexity index is 746. The molecule has 0 heterocycles. The molecule has 2 aromatic rings. The maximum atomic E-state index is 13.8. The van der Waals surface area contributed by atoms with Crippen LogP contribution in [0.3, 0.4) is 0 Å². The maximum Gasteiger partial charge on any atom is 0.251 e. The number of nitrogens with one attached hydrogen (secondary N) is 1. The second kappa shape index (κ2) is 7.61. The van der Waals surface area contributed by atoms with Gasteiger partial charge in [0.25, 0.3) is 5.91 Å². The second-order valence-electron chi connectivity index (χ2n) is 6.14. The third-order valence-electron chi connectivity index (χ3n) is 4.15. The van der Waals surface area contributed by atoms with E-state index in [1.54, 1.807) is 12.1 Å². The lowest BCUT2D eigenvalue weighted by Gasteiger charge is -2.25. The molecule has 0 aliphatic carbocycles. The number of carbonyl (C=O) groups is 1. The van der Waals surface area contributed by atoms with Crippen molar-refractivity contribution in [3.63, 3.8) is 0 Å². The van der Waals surface area contributed by atoms with E-state index in [4.69, 9.17) is 0 Å². The molecule has 0 spiro atoms. The van der Waals surface area contributed by atoms with Crippen molar-refractivity contribution in [3.8, 4) is 0 Å². The van der Waals surface area contributed by atoms with E-state index in [-0.39, 0.29) is 18.0 Å². The molecule has 0 aliphatic rings. The molecule has 1 atom stereocenters. The van der Waals surface area contributed by atoms with Crippen LogP contribution in [0.5, 0.6) is 0 Å². The first kappa shape index (κ1) is 18.9. The van der Waals surface area contributed by atoms with Gasteiger partial charge >= 0.3 is 0 Å². The fourth-order valence-electron chi connectivity index (χ4n) is 2.43. The molecule has 25 heavy (non-hydrogen) atoms. The summed E-state index contributed by atoms with van der Waals surface area (Å²) in [6.07, 6.45) is 0. The normalized spacial score (nSPS) is 13.2. The molecule has 0 radical (unpaired) electrons. The van der Waals surface area contributed by atoms with Crippen LogP contribution in [0.2, 0.25) is 0 Å². The summed E-state index contributed by atoms with van der Waals surface area (Å²) in [5.74, 6) is -1.96. The van der Waals surface area contributed by atoms with Crippen molar-refractivity contribution in [1.29, 1.82) is 0 Å². The van der Waals surface area contributed by atoms with Crippen LogP contribution in [0.1, 0.15) is 29.8 Å². The van der Waals surface area contributed by atoms with Crippen LogP contribution < -0.4 is 10.2 Å². The van der Waals surface area contributed by atoms with Crippen LogP contribution >= 0.6 is 0 Å². The van der Waals surface area contributed by atoms with E-state index in [0.717, 1.165) is 18.3 Å². The van der Waals surface area contributed by atoms with Crippen LogP contribution in [0, 0.1) is 11.6 Å². The van der Waals surface area contributed by atoms with Crippen molar-refractivity contribution in [3.05, 3.63) is 65.2 Å². The fraction of sp³-hybridized carbons (Fsp3) is 0.316. The summed E-state index contributed by atoms with van der Waals surface area (Å²) in [4.78, 5) is 14.3. The quantitative estimate of drug-likeness (QED) is 0.844. The smallest absolute Gasteiger partial charge is 0.251 e. The highest BCUT2D eigenvalue weighted by Gasteiger charge is 2.27. The third kappa shape index (κ3) is 4.54. The minimum atomic E-state index is -1.66. The van der Waals surface area contributed by atoms with Crippen LogP contribution in [0.4, 0.5) is 14.5 Å². The topological polar surface area (TPSA) is 52.6 Å². The van der Waals surface area contributed by atoms with Gasteiger partial charge in [0, 0.05) is 36.5 Å². The zero-order chi connectivity index (χ0) is 18.6. The number of benzene rings is 2. The van der Waals surface area contributed by atoms with Gasteiger partial charge in [0.2, 0.25) is 0 Å². The molecule has 1 unspecified atom stereocenters. The van der Waals surface area contributed by atoms with Crippen molar-refractivity contribution in [2.75, 3.05) is 25.0 Å². The molecular formula is C19H22F2N2O2. The fourth-order valence-corrected chi connectivity index (χ4v) is 2.43. The highest BCUT2D eigenvalue weighted by molar-refractivity contribution is 5.94. The highest BCUT2D eigenvalue weighted by Crippen LogP contribution is 2.23. The van der Waals surface area contributed by atoms with E-state index in [0.29, 0.717) is 11.6 Å². The number of halogens is 2. The number of hydrogen-bond donors (Lipinski definition) is 2. The Morgan fingerprint density at radius 3 is 2.40 bits per heavy atom. The summed E-state index contributed by atoms with van der Waals surface area (Å²) in [7, 11) is 1.95. The maximum absolute atomic E-state index is 13.8. The summed E-state index contributed by atoms with van der Waals surface area (Å²) in [5.41, 5.74) is -0.312. The number of hydrogen-bond acceptors (Lipinski definition) is 3. The molecule has 2 aromatic carbocycles. The lowest BCUT2D eigenvalue weighted by atomic mass is 9.95. The first-order chi connectivity index (χ1) is 11.7. The number of aliphatic hydroxyl groups is 1. The first-order valence-electron chi connectivity index (χ1n) is 8.02. The summed E-state index contributed by atoms with van der Waals surface area (Å²) < 4.78 is 26.8. The zero-order valence-electron chi connectivity index (χ0n) is 14.5. The molecule has 2 rings (SSSR count). The molecule has 0 aliphatic heterocycles. The first-order valence-corrected chi connectivity index (χ1v) is 8.02. The molecule has 134 valence electrons. The van der Waals surface area contributed by atoms with E-state index in [9.17, 15) is 18.7 Å². The monoisotopic (exact) mass is 348 g/mol. The Balaban J connectivity index is 2.05. The van der Waals surface area contributed by atoms with Gasteiger partial charge in [-0.3, -0.25) is 4.79 Å². The number of anilines is 1. The second-order valence-corrected chi connectivity index (χ2v) is 6.14. The van der Waals surface area contributed by atoms with E-state index in [1.807, 2.05) is 31.0 Å². The van der Waals surface area contributed by atoms with Gasteiger partial charge in [0.1, 0.15) is 17.2 Å². The van der Waals surface area contributed by atoms with Gasteiger partial charge in [0.15, 0.2) is 0 Å². The largest absolute Gasteiger partial charge is 0.383 e. The van der Waals surface area contributed by atoms with Gasteiger partial charge in [-0.05, 0) is 44.2 Å². The minimum absolute atomic E-state index is 0.0749. The number of amides is 1. The Morgan fingerprint density at radius 2 is 1.84 bits per heavy atom. The van der Waals surface area contributed by atoms with Crippen molar-refractivity contribution in [2.24, 2.45) is 0 Å². The molecule has 0 saturated carbocycles. The average molecular weight is 348 g/mol. The van der Waals surface area contributed by atoms with Crippen molar-refractivity contribution in [1.82, 2.24) is 5.32 Å². The van der Waals surface area contributed by atoms with Crippen molar-refractivity contribution < 1.29 is 18.7 Å². The molecule has 1 amide bonds. The predicted molar refractivity (Wildman–Crippen MR) is 93.6 cm³/mol. The summed E-state index contributed by atoms with van der Waals surface area (Å²) in [5, 5.41) is 13.0. The van der Waals surface area contributed by atoms with Crippen LogP contribution in [0.15, 0.2) is 42.5 Å². The van der Waals surface area contributed by atoms with Gasteiger partial charge < -0.3 is 15.3 Å². The van der Waals surface area contributed by atoms with Gasteiger partial charge in [-0.1, -0.05) is 6.07 Å². The lowest BCUT2D eigenvalue weighted by molar-refractivity contribution is 0.0494. The number of carbonyl (C=O) groups excluding carboxylic acids is 1. The molecule has 0 saturated heterocycles. The van der Waals surface area contributed by atoms with Crippen LogP contribution in [-0.2, 0) is 5.60 Å². The molecular weight excluding hydrogens is 326 g/mol. The minimum Gasteiger partial charge on any atom is -0.383 e. The van der Waals surface area contributed by atoms with Gasteiger partial charge in [-0.25, -0.2) is 8.78 Å².